The number of anilines is 1. The minimum atomic E-state index is -0.0920. The van der Waals surface area contributed by atoms with Crippen LogP contribution >= 0.6 is 11.3 Å². The van der Waals surface area contributed by atoms with Crippen LogP contribution < -0.4 is 5.32 Å². The summed E-state index contributed by atoms with van der Waals surface area (Å²) in [5.74, 6) is 1.94. The number of carbonyl (C=O) groups is 1. The van der Waals surface area contributed by atoms with Crippen LogP contribution in [0.1, 0.15) is 45.5 Å². The van der Waals surface area contributed by atoms with Gasteiger partial charge in [-0.1, -0.05) is 0 Å². The van der Waals surface area contributed by atoms with E-state index < -0.39 is 0 Å². The molecule has 3 heterocycles. The Morgan fingerprint density at radius 2 is 2.19 bits per heavy atom. The Balaban J connectivity index is 1.77. The number of hydrogen-bond acceptors (Lipinski definition) is 4. The summed E-state index contributed by atoms with van der Waals surface area (Å²) in [5, 5.41) is 2.82. The molecule has 1 aliphatic carbocycles. The van der Waals surface area contributed by atoms with Crippen molar-refractivity contribution in [2.45, 2.75) is 32.6 Å². The molecular formula is C16H15N3OS. The van der Waals surface area contributed by atoms with Crippen LogP contribution in [-0.2, 0) is 4.79 Å². The van der Waals surface area contributed by atoms with Gasteiger partial charge < -0.3 is 5.32 Å². The van der Waals surface area contributed by atoms with Gasteiger partial charge in [0.2, 0.25) is 0 Å². The smallest absolute Gasteiger partial charge is 0.257 e. The summed E-state index contributed by atoms with van der Waals surface area (Å²) in [6.45, 7) is 3.92. The number of nitrogens with one attached hydrogen (secondary N) is 1. The molecule has 0 atom stereocenters. The average molecular weight is 297 g/mol. The summed E-state index contributed by atoms with van der Waals surface area (Å²) in [7, 11) is 0. The molecule has 1 N–H and O–H groups in total. The quantitative estimate of drug-likeness (QED) is 0.863. The van der Waals surface area contributed by atoms with Crippen molar-refractivity contribution in [3.63, 3.8) is 0 Å². The lowest BCUT2D eigenvalue weighted by Gasteiger charge is -1.98. The van der Waals surface area contributed by atoms with Gasteiger partial charge in [0.05, 0.1) is 5.57 Å². The summed E-state index contributed by atoms with van der Waals surface area (Å²) >= 11 is 1.80. The summed E-state index contributed by atoms with van der Waals surface area (Å²) in [6, 6.07) is 2.26. The van der Waals surface area contributed by atoms with Gasteiger partial charge in [-0.05, 0) is 50.3 Å². The zero-order valence-electron chi connectivity index (χ0n) is 11.9. The van der Waals surface area contributed by atoms with Crippen LogP contribution in [0.15, 0.2) is 12.3 Å². The van der Waals surface area contributed by atoms with E-state index in [1.54, 1.807) is 17.5 Å². The van der Waals surface area contributed by atoms with Crippen LogP contribution in [0, 0.1) is 13.8 Å². The Kier molecular flexibility index (Phi) is 2.72. The molecule has 106 valence electrons. The molecule has 5 heteroatoms. The second-order valence-electron chi connectivity index (χ2n) is 5.66. The third-order valence-electron chi connectivity index (χ3n) is 3.91. The largest absolute Gasteiger partial charge is 0.306 e. The molecule has 0 radical (unpaired) electrons. The number of hydrogen-bond donors (Lipinski definition) is 1. The van der Waals surface area contributed by atoms with E-state index >= 15 is 0 Å². The van der Waals surface area contributed by atoms with Gasteiger partial charge in [0.25, 0.3) is 5.91 Å². The van der Waals surface area contributed by atoms with E-state index in [9.17, 15) is 4.79 Å². The Morgan fingerprint density at radius 3 is 2.95 bits per heavy atom. The SMILES string of the molecule is Cc1ncc2c(n1)NC(=O)C2=Cc1sc(C2CC2)cc1C. The third-order valence-corrected chi connectivity index (χ3v) is 5.25. The lowest BCUT2D eigenvalue weighted by Crippen LogP contribution is -2.04. The number of fused-ring (bicyclic) bond motifs is 1. The molecule has 2 aromatic heterocycles. The second kappa shape index (κ2) is 4.49. The van der Waals surface area contributed by atoms with E-state index in [2.05, 4.69) is 28.3 Å². The Morgan fingerprint density at radius 1 is 1.38 bits per heavy atom. The Labute approximate surface area is 126 Å². The van der Waals surface area contributed by atoms with E-state index in [4.69, 9.17) is 0 Å². The number of aromatic nitrogens is 2. The summed E-state index contributed by atoms with van der Waals surface area (Å²) in [5.41, 5.74) is 2.70. The van der Waals surface area contributed by atoms with Crippen molar-refractivity contribution in [2.24, 2.45) is 0 Å². The highest BCUT2D eigenvalue weighted by molar-refractivity contribution is 7.13. The Hall–Kier alpha value is -2.01. The van der Waals surface area contributed by atoms with Crippen molar-refractivity contribution in [2.75, 3.05) is 5.32 Å². The van der Waals surface area contributed by atoms with Gasteiger partial charge in [-0.2, -0.15) is 0 Å². The Bertz CT molecular complexity index is 787. The van der Waals surface area contributed by atoms with Crippen molar-refractivity contribution in [1.29, 1.82) is 0 Å². The van der Waals surface area contributed by atoms with Gasteiger partial charge in [0.1, 0.15) is 11.6 Å². The minimum Gasteiger partial charge on any atom is -0.306 e. The van der Waals surface area contributed by atoms with E-state index in [0.717, 1.165) is 16.4 Å². The molecule has 4 rings (SSSR count). The minimum absolute atomic E-state index is 0.0920. The number of thiophene rings is 1. The molecular weight excluding hydrogens is 282 g/mol. The third kappa shape index (κ3) is 2.17. The molecule has 0 spiro atoms. The van der Waals surface area contributed by atoms with Crippen LogP contribution in [0.4, 0.5) is 5.82 Å². The second-order valence-corrected chi connectivity index (χ2v) is 6.78. The lowest BCUT2D eigenvalue weighted by molar-refractivity contribution is -0.110. The molecule has 1 amide bonds. The maximum absolute atomic E-state index is 12.2. The highest BCUT2D eigenvalue weighted by Gasteiger charge is 2.28. The van der Waals surface area contributed by atoms with E-state index in [1.165, 1.54) is 23.3 Å². The highest BCUT2D eigenvalue weighted by atomic mass is 32.1. The molecule has 1 fully saturated rings. The van der Waals surface area contributed by atoms with Gasteiger partial charge in [0, 0.05) is 21.5 Å². The highest BCUT2D eigenvalue weighted by Crippen LogP contribution is 2.45. The summed E-state index contributed by atoms with van der Waals surface area (Å²) < 4.78 is 0. The van der Waals surface area contributed by atoms with Gasteiger partial charge in [0.15, 0.2) is 0 Å². The first-order chi connectivity index (χ1) is 10.1. The molecule has 1 saturated carbocycles. The number of rotatable bonds is 2. The first-order valence-electron chi connectivity index (χ1n) is 7.09. The average Bonchev–Trinajstić information content (AvgIpc) is 3.16. The van der Waals surface area contributed by atoms with Gasteiger partial charge in [-0.15, -0.1) is 11.3 Å². The van der Waals surface area contributed by atoms with Crippen LogP contribution in [0.5, 0.6) is 0 Å². The summed E-state index contributed by atoms with van der Waals surface area (Å²) in [4.78, 5) is 23.3. The molecule has 0 unspecified atom stereocenters. The molecule has 0 bridgehead atoms. The normalized spacial score (nSPS) is 19.0. The zero-order chi connectivity index (χ0) is 14.6. The van der Waals surface area contributed by atoms with Crippen LogP contribution in [-0.4, -0.2) is 15.9 Å². The van der Waals surface area contributed by atoms with Crippen LogP contribution in [0.25, 0.3) is 11.6 Å². The molecule has 2 aromatic rings. The molecule has 1 aliphatic heterocycles. The number of amides is 1. The fraction of sp³-hybridized carbons (Fsp3) is 0.312. The number of aryl methyl sites for hydroxylation is 2. The van der Waals surface area contributed by atoms with Crippen molar-refractivity contribution >= 4 is 34.7 Å². The molecule has 21 heavy (non-hydrogen) atoms. The molecule has 0 aromatic carbocycles. The fourth-order valence-electron chi connectivity index (χ4n) is 2.57. The molecule has 2 aliphatic rings. The molecule has 0 saturated heterocycles. The van der Waals surface area contributed by atoms with Gasteiger partial charge in [-0.25, -0.2) is 9.97 Å². The standard InChI is InChI=1S/C16H15N3OS/c1-8-5-14(10-3-4-10)21-13(8)6-11-12-7-17-9(2)18-15(12)19-16(11)20/h5-7,10H,3-4H2,1-2H3,(H,17,18,19,20). The van der Waals surface area contributed by atoms with Crippen molar-refractivity contribution < 1.29 is 4.79 Å². The van der Waals surface area contributed by atoms with Gasteiger partial charge >= 0.3 is 0 Å². The van der Waals surface area contributed by atoms with Crippen LogP contribution in [0.3, 0.4) is 0 Å². The van der Waals surface area contributed by atoms with E-state index in [-0.39, 0.29) is 5.91 Å². The molecule has 4 nitrogen and oxygen atoms in total. The predicted molar refractivity (Wildman–Crippen MR) is 84.3 cm³/mol. The van der Waals surface area contributed by atoms with Crippen molar-refractivity contribution in [1.82, 2.24) is 9.97 Å². The van der Waals surface area contributed by atoms with Crippen molar-refractivity contribution in [3.8, 4) is 0 Å². The fourth-order valence-corrected chi connectivity index (χ4v) is 3.86. The maximum atomic E-state index is 12.2. The first kappa shape index (κ1) is 12.7. The maximum Gasteiger partial charge on any atom is 0.257 e. The van der Waals surface area contributed by atoms with Crippen molar-refractivity contribution in [3.05, 3.63) is 39.0 Å². The lowest BCUT2D eigenvalue weighted by atomic mass is 10.1. The predicted octanol–water partition coefficient (Wildman–Crippen LogP) is 3.53. The number of nitrogens with zero attached hydrogens (tertiary/aromatic N) is 2. The van der Waals surface area contributed by atoms with E-state index in [0.29, 0.717) is 17.2 Å². The van der Waals surface area contributed by atoms with Crippen LogP contribution in [0.2, 0.25) is 0 Å². The van der Waals surface area contributed by atoms with Gasteiger partial charge in [-0.3, -0.25) is 4.79 Å². The zero-order valence-corrected chi connectivity index (χ0v) is 12.8. The topological polar surface area (TPSA) is 54.9 Å². The van der Waals surface area contributed by atoms with E-state index in [1.807, 2.05) is 13.0 Å². The first-order valence-corrected chi connectivity index (χ1v) is 7.91. The summed E-state index contributed by atoms with van der Waals surface area (Å²) in [6.07, 6.45) is 6.30. The monoisotopic (exact) mass is 297 g/mol. The number of carbonyl (C=O) groups excluding carboxylic acids is 1.